The Bertz CT molecular complexity index is 547. The van der Waals surface area contributed by atoms with E-state index in [1.54, 1.807) is 29.4 Å². The lowest BCUT2D eigenvalue weighted by Gasteiger charge is -2.28. The number of rotatable bonds is 2. The molecule has 1 aromatic rings. The predicted octanol–water partition coefficient (Wildman–Crippen LogP) is 1.34. The van der Waals surface area contributed by atoms with Gasteiger partial charge in [-0.05, 0) is 30.0 Å². The van der Waals surface area contributed by atoms with Crippen molar-refractivity contribution >= 4 is 11.9 Å². The number of carbonyl (C=O) groups is 2. The van der Waals surface area contributed by atoms with E-state index in [4.69, 9.17) is 0 Å². The molecular weight excluding hydrogens is 244 g/mol. The van der Waals surface area contributed by atoms with Crippen LogP contribution < -0.4 is 0 Å². The Balaban J connectivity index is 1.85. The van der Waals surface area contributed by atoms with Gasteiger partial charge in [-0.15, -0.1) is 0 Å². The van der Waals surface area contributed by atoms with Gasteiger partial charge in [0, 0.05) is 25.5 Å². The summed E-state index contributed by atoms with van der Waals surface area (Å²) < 4.78 is 0. The number of nitrogens with zero attached hydrogens (tertiary/aromatic N) is 2. The number of carbonyl (C=O) groups excluding carboxylic acids is 1. The lowest BCUT2D eigenvalue weighted by Crippen LogP contribution is -2.45. The normalized spacial score (nSPS) is 19.5. The van der Waals surface area contributed by atoms with Gasteiger partial charge in [-0.25, -0.2) is 0 Å². The number of pyridine rings is 1. The fourth-order valence-electron chi connectivity index (χ4n) is 2.76. The minimum absolute atomic E-state index is 0.284. The topological polar surface area (TPSA) is 70.5 Å². The number of allylic oxidation sites excluding steroid dienone is 2. The zero-order valence-corrected chi connectivity index (χ0v) is 10.4. The Labute approximate surface area is 110 Å². The summed E-state index contributed by atoms with van der Waals surface area (Å²) in [5, 5.41) is 9.41. The molecule has 2 aliphatic rings. The van der Waals surface area contributed by atoms with E-state index < -0.39 is 11.4 Å². The van der Waals surface area contributed by atoms with Crippen LogP contribution in [0.25, 0.3) is 0 Å². The first kappa shape index (κ1) is 11.9. The second kappa shape index (κ2) is 4.19. The summed E-state index contributed by atoms with van der Waals surface area (Å²) in [5.41, 5.74) is 0.757. The number of hydrogen-bond acceptors (Lipinski definition) is 3. The average Bonchev–Trinajstić information content (AvgIpc) is 3.05. The predicted molar refractivity (Wildman–Crippen MR) is 66.9 cm³/mol. The Hall–Kier alpha value is -2.17. The zero-order chi connectivity index (χ0) is 13.5. The van der Waals surface area contributed by atoms with Crippen LogP contribution in [0.2, 0.25) is 0 Å². The van der Waals surface area contributed by atoms with Crippen LogP contribution in [-0.2, 0) is 22.7 Å². The van der Waals surface area contributed by atoms with Gasteiger partial charge in [0.05, 0.1) is 0 Å². The first-order valence-electron chi connectivity index (χ1n) is 6.23. The van der Waals surface area contributed by atoms with Gasteiger partial charge in [-0.2, -0.15) is 0 Å². The molecule has 19 heavy (non-hydrogen) atoms. The number of amides is 1. The molecule has 0 atom stereocenters. The van der Waals surface area contributed by atoms with Gasteiger partial charge < -0.3 is 10.0 Å². The minimum atomic E-state index is -1.30. The summed E-state index contributed by atoms with van der Waals surface area (Å²) in [6, 6.07) is 1.88. The van der Waals surface area contributed by atoms with Crippen molar-refractivity contribution in [1.82, 2.24) is 9.88 Å². The van der Waals surface area contributed by atoms with Crippen LogP contribution in [0.15, 0.2) is 30.6 Å². The molecular formula is C14H14N2O3. The van der Waals surface area contributed by atoms with E-state index in [0.29, 0.717) is 13.1 Å². The molecule has 0 saturated carbocycles. The molecule has 0 saturated heterocycles. The van der Waals surface area contributed by atoms with Crippen molar-refractivity contribution in [3.63, 3.8) is 0 Å². The van der Waals surface area contributed by atoms with Gasteiger partial charge in [-0.3, -0.25) is 14.6 Å². The summed E-state index contributed by atoms with van der Waals surface area (Å²) in [6.07, 6.45) is 7.55. The molecule has 0 fully saturated rings. The van der Waals surface area contributed by atoms with Crippen LogP contribution >= 0.6 is 0 Å². The van der Waals surface area contributed by atoms with Crippen LogP contribution in [0.1, 0.15) is 24.0 Å². The van der Waals surface area contributed by atoms with Gasteiger partial charge >= 0.3 is 5.97 Å². The highest BCUT2D eigenvalue weighted by Crippen LogP contribution is 2.37. The van der Waals surface area contributed by atoms with Crippen LogP contribution in [-0.4, -0.2) is 26.9 Å². The van der Waals surface area contributed by atoms with Crippen molar-refractivity contribution in [3.8, 4) is 0 Å². The number of aromatic nitrogens is 1. The van der Waals surface area contributed by atoms with Crippen molar-refractivity contribution in [2.24, 2.45) is 5.41 Å². The summed E-state index contributed by atoms with van der Waals surface area (Å²) in [4.78, 5) is 29.7. The third-order valence-corrected chi connectivity index (χ3v) is 3.93. The molecule has 1 N–H and O–H groups in total. The molecule has 98 valence electrons. The maximum absolute atomic E-state index is 12.6. The molecule has 1 amide bonds. The molecule has 5 nitrogen and oxygen atoms in total. The van der Waals surface area contributed by atoms with Crippen molar-refractivity contribution in [2.75, 3.05) is 0 Å². The Morgan fingerprint density at radius 1 is 1.21 bits per heavy atom. The van der Waals surface area contributed by atoms with Gasteiger partial charge in [0.15, 0.2) is 5.41 Å². The summed E-state index contributed by atoms with van der Waals surface area (Å²) in [7, 11) is 0. The number of carboxylic acids is 1. The van der Waals surface area contributed by atoms with Gasteiger partial charge in [0.1, 0.15) is 0 Å². The molecule has 3 rings (SSSR count). The summed E-state index contributed by atoms with van der Waals surface area (Å²) in [6.45, 7) is 0.933. The van der Waals surface area contributed by atoms with Crippen molar-refractivity contribution in [2.45, 2.75) is 25.9 Å². The van der Waals surface area contributed by atoms with E-state index in [0.717, 1.165) is 11.1 Å². The maximum atomic E-state index is 12.6. The standard InChI is InChI=1S/C14H14N2O3/c17-12(14(13(18)19)4-1-2-5-14)16-8-10-3-6-15-7-11(10)9-16/h1-3,6-7H,4-5,8-9H2,(H,18,19). The fourth-order valence-corrected chi connectivity index (χ4v) is 2.76. The van der Waals surface area contributed by atoms with E-state index in [1.807, 2.05) is 6.07 Å². The highest BCUT2D eigenvalue weighted by atomic mass is 16.4. The molecule has 1 aromatic heterocycles. The Kier molecular flexibility index (Phi) is 2.62. The highest BCUT2D eigenvalue weighted by Gasteiger charge is 2.49. The Morgan fingerprint density at radius 3 is 2.53 bits per heavy atom. The molecule has 0 bridgehead atoms. The molecule has 2 heterocycles. The van der Waals surface area contributed by atoms with E-state index in [9.17, 15) is 14.7 Å². The van der Waals surface area contributed by atoms with E-state index in [-0.39, 0.29) is 18.7 Å². The van der Waals surface area contributed by atoms with Crippen LogP contribution in [0.5, 0.6) is 0 Å². The molecule has 1 aliphatic heterocycles. The number of hydrogen-bond donors (Lipinski definition) is 1. The van der Waals surface area contributed by atoms with Crippen LogP contribution in [0.4, 0.5) is 0 Å². The summed E-state index contributed by atoms with van der Waals surface area (Å²) >= 11 is 0. The highest BCUT2D eigenvalue weighted by molar-refractivity contribution is 6.02. The first-order chi connectivity index (χ1) is 9.13. The second-order valence-corrected chi connectivity index (χ2v) is 5.07. The average molecular weight is 258 g/mol. The van der Waals surface area contributed by atoms with Gasteiger partial charge in [0.2, 0.25) is 5.91 Å². The van der Waals surface area contributed by atoms with Gasteiger partial charge in [0.25, 0.3) is 0 Å². The molecule has 0 spiro atoms. The zero-order valence-electron chi connectivity index (χ0n) is 10.4. The van der Waals surface area contributed by atoms with E-state index in [2.05, 4.69) is 4.98 Å². The number of aliphatic carboxylic acids is 1. The van der Waals surface area contributed by atoms with Crippen molar-refractivity contribution in [3.05, 3.63) is 41.7 Å². The molecule has 1 aliphatic carbocycles. The third-order valence-electron chi connectivity index (χ3n) is 3.93. The van der Waals surface area contributed by atoms with Crippen LogP contribution in [0, 0.1) is 5.41 Å². The molecule has 5 heteroatoms. The lowest BCUT2D eigenvalue weighted by atomic mass is 9.84. The van der Waals surface area contributed by atoms with E-state index in [1.165, 1.54) is 0 Å². The summed E-state index contributed by atoms with van der Waals surface area (Å²) in [5.74, 6) is -1.32. The van der Waals surface area contributed by atoms with E-state index >= 15 is 0 Å². The monoisotopic (exact) mass is 258 g/mol. The quantitative estimate of drug-likeness (QED) is 0.642. The van der Waals surface area contributed by atoms with Crippen molar-refractivity contribution < 1.29 is 14.7 Å². The first-order valence-corrected chi connectivity index (χ1v) is 6.23. The van der Waals surface area contributed by atoms with Crippen molar-refractivity contribution in [1.29, 1.82) is 0 Å². The minimum Gasteiger partial charge on any atom is -0.480 e. The molecule has 0 aromatic carbocycles. The third kappa shape index (κ3) is 1.73. The van der Waals surface area contributed by atoms with Gasteiger partial charge in [-0.1, -0.05) is 12.2 Å². The largest absolute Gasteiger partial charge is 0.480 e. The second-order valence-electron chi connectivity index (χ2n) is 5.07. The molecule has 0 radical (unpaired) electrons. The number of carboxylic acid groups (broad SMARTS) is 1. The SMILES string of the molecule is O=C(O)C1(C(=O)N2Cc3ccncc3C2)CC=CC1. The smallest absolute Gasteiger partial charge is 0.319 e. The lowest BCUT2D eigenvalue weighted by molar-refractivity contribution is -0.160. The number of fused-ring (bicyclic) bond motifs is 1. The maximum Gasteiger partial charge on any atom is 0.319 e. The Morgan fingerprint density at radius 2 is 1.89 bits per heavy atom. The van der Waals surface area contributed by atoms with Crippen LogP contribution in [0.3, 0.4) is 0 Å². The fraction of sp³-hybridized carbons (Fsp3) is 0.357. The molecule has 0 unspecified atom stereocenters.